The van der Waals surface area contributed by atoms with Gasteiger partial charge >= 0.3 is 0 Å². The number of thiocarbonyl (C=S) groups is 1. The summed E-state index contributed by atoms with van der Waals surface area (Å²) in [5, 5.41) is 7.09. The number of nitrogens with zero attached hydrogens (tertiary/aromatic N) is 1. The first-order valence-corrected chi connectivity index (χ1v) is 9.33. The van der Waals surface area contributed by atoms with Gasteiger partial charge < -0.3 is 20.3 Å². The Bertz CT molecular complexity index is 601. The number of hydrogen-bond acceptors (Lipinski definition) is 3. The van der Waals surface area contributed by atoms with E-state index in [1.165, 1.54) is 0 Å². The summed E-state index contributed by atoms with van der Waals surface area (Å²) >= 11 is 5.47. The topological polar surface area (TPSA) is 53.6 Å². The Kier molecular flexibility index (Phi) is 6.64. The molecule has 1 heterocycles. The van der Waals surface area contributed by atoms with Gasteiger partial charge in [0.1, 0.15) is 5.75 Å². The fourth-order valence-electron chi connectivity index (χ4n) is 3.22. The minimum atomic E-state index is 0.0213. The van der Waals surface area contributed by atoms with E-state index in [0.29, 0.717) is 19.1 Å². The van der Waals surface area contributed by atoms with E-state index in [2.05, 4.69) is 36.3 Å². The summed E-state index contributed by atoms with van der Waals surface area (Å²) in [5.74, 6) is 0.830. The van der Waals surface area contributed by atoms with Gasteiger partial charge in [-0.15, -0.1) is 0 Å². The summed E-state index contributed by atoms with van der Waals surface area (Å²) in [6.45, 7) is 9.89. The Labute approximate surface area is 156 Å². The molecule has 0 radical (unpaired) electrons. The smallest absolute Gasteiger partial charge is 0.224 e. The van der Waals surface area contributed by atoms with E-state index in [9.17, 15) is 4.79 Å². The van der Waals surface area contributed by atoms with Gasteiger partial charge in [0, 0.05) is 30.2 Å². The maximum Gasteiger partial charge on any atom is 0.224 e. The van der Waals surface area contributed by atoms with Crippen LogP contribution in [0.3, 0.4) is 0 Å². The van der Waals surface area contributed by atoms with Crippen molar-refractivity contribution in [3.05, 3.63) is 24.3 Å². The zero-order valence-corrected chi connectivity index (χ0v) is 16.4. The number of amides is 1. The van der Waals surface area contributed by atoms with Gasteiger partial charge in [-0.2, -0.15) is 0 Å². The standard InChI is InChI=1S/C19H29N3O2S/c1-5-24-16-10-8-15(9-11-16)20-17(23)7-6-12-22-14(2)13-19(3,4)21-18(22)25/h8-11,14H,5-7,12-13H2,1-4H3,(H,20,23)(H,21,25)/t14-/m1/s1. The Balaban J connectivity index is 1.76. The first-order chi connectivity index (χ1) is 11.8. The highest BCUT2D eigenvalue weighted by molar-refractivity contribution is 7.80. The van der Waals surface area contributed by atoms with Crippen LogP contribution in [0.2, 0.25) is 0 Å². The van der Waals surface area contributed by atoms with E-state index in [-0.39, 0.29) is 11.4 Å². The van der Waals surface area contributed by atoms with Crippen molar-refractivity contribution >= 4 is 28.9 Å². The summed E-state index contributed by atoms with van der Waals surface area (Å²) in [6, 6.07) is 7.83. The van der Waals surface area contributed by atoms with Crippen LogP contribution in [0, 0.1) is 0 Å². The highest BCUT2D eigenvalue weighted by atomic mass is 32.1. The molecule has 2 rings (SSSR count). The zero-order valence-electron chi connectivity index (χ0n) is 15.6. The molecule has 6 heteroatoms. The minimum absolute atomic E-state index is 0.0213. The Morgan fingerprint density at radius 1 is 1.40 bits per heavy atom. The number of nitrogens with one attached hydrogen (secondary N) is 2. The van der Waals surface area contributed by atoms with Gasteiger partial charge in [-0.3, -0.25) is 4.79 Å². The maximum atomic E-state index is 12.1. The van der Waals surface area contributed by atoms with Crippen molar-refractivity contribution in [1.29, 1.82) is 0 Å². The van der Waals surface area contributed by atoms with Crippen LogP contribution in [-0.4, -0.2) is 40.7 Å². The largest absolute Gasteiger partial charge is 0.494 e. The highest BCUT2D eigenvalue weighted by Crippen LogP contribution is 2.22. The van der Waals surface area contributed by atoms with Crippen molar-refractivity contribution in [3.8, 4) is 5.75 Å². The number of benzene rings is 1. The van der Waals surface area contributed by atoms with Gasteiger partial charge in [-0.05, 0) is 77.0 Å². The molecule has 0 saturated carbocycles. The summed E-state index contributed by atoms with van der Waals surface area (Å²) in [6.07, 6.45) is 2.28. The fourth-order valence-corrected chi connectivity index (χ4v) is 3.77. The maximum absolute atomic E-state index is 12.1. The number of hydrogen-bond donors (Lipinski definition) is 2. The van der Waals surface area contributed by atoms with Gasteiger partial charge in [0.05, 0.1) is 6.61 Å². The number of carbonyl (C=O) groups is 1. The molecule has 0 aromatic heterocycles. The van der Waals surface area contributed by atoms with Crippen molar-refractivity contribution < 1.29 is 9.53 Å². The van der Waals surface area contributed by atoms with Crippen molar-refractivity contribution in [1.82, 2.24) is 10.2 Å². The highest BCUT2D eigenvalue weighted by Gasteiger charge is 2.32. The van der Waals surface area contributed by atoms with Crippen LogP contribution in [0.25, 0.3) is 0 Å². The average Bonchev–Trinajstić information content (AvgIpc) is 2.51. The molecule has 0 spiro atoms. The Morgan fingerprint density at radius 3 is 2.68 bits per heavy atom. The van der Waals surface area contributed by atoms with Crippen LogP contribution in [0.5, 0.6) is 5.75 Å². The molecule has 1 atom stereocenters. The summed E-state index contributed by atoms with van der Waals surface area (Å²) in [4.78, 5) is 14.3. The summed E-state index contributed by atoms with van der Waals surface area (Å²) in [5.41, 5.74) is 0.830. The molecule has 1 aromatic carbocycles. The van der Waals surface area contributed by atoms with Gasteiger partial charge in [0.25, 0.3) is 0 Å². The lowest BCUT2D eigenvalue weighted by Gasteiger charge is -2.44. The SMILES string of the molecule is CCOc1ccc(NC(=O)CCCN2C(=S)NC(C)(C)C[C@H]2C)cc1. The average molecular weight is 364 g/mol. The second-order valence-electron chi connectivity index (χ2n) is 7.17. The lowest BCUT2D eigenvalue weighted by Crippen LogP contribution is -2.60. The molecule has 1 aliphatic heterocycles. The van der Waals surface area contributed by atoms with Crippen LogP contribution >= 0.6 is 12.2 Å². The third-order valence-corrected chi connectivity index (χ3v) is 4.63. The normalized spacial score (nSPS) is 19.3. The molecular weight excluding hydrogens is 334 g/mol. The van der Waals surface area contributed by atoms with E-state index in [1.54, 1.807) is 0 Å². The van der Waals surface area contributed by atoms with Crippen molar-refractivity contribution in [2.75, 3.05) is 18.5 Å². The van der Waals surface area contributed by atoms with Crippen LogP contribution < -0.4 is 15.4 Å². The molecule has 1 fully saturated rings. The monoisotopic (exact) mass is 363 g/mol. The molecular formula is C19H29N3O2S. The fraction of sp³-hybridized carbons (Fsp3) is 0.579. The predicted octanol–water partition coefficient (Wildman–Crippen LogP) is 3.55. The number of rotatable bonds is 7. The van der Waals surface area contributed by atoms with E-state index in [4.69, 9.17) is 17.0 Å². The van der Waals surface area contributed by atoms with Crippen molar-refractivity contribution in [2.24, 2.45) is 0 Å². The molecule has 1 amide bonds. The Morgan fingerprint density at radius 2 is 2.08 bits per heavy atom. The molecule has 1 aromatic rings. The molecule has 1 aliphatic rings. The molecule has 138 valence electrons. The van der Waals surface area contributed by atoms with E-state index < -0.39 is 0 Å². The van der Waals surface area contributed by atoms with Crippen molar-refractivity contribution in [3.63, 3.8) is 0 Å². The van der Waals surface area contributed by atoms with Gasteiger partial charge in [-0.1, -0.05) is 0 Å². The van der Waals surface area contributed by atoms with Crippen molar-refractivity contribution in [2.45, 2.75) is 58.5 Å². The van der Waals surface area contributed by atoms with Gasteiger partial charge in [0.15, 0.2) is 5.11 Å². The number of anilines is 1. The van der Waals surface area contributed by atoms with E-state index in [0.717, 1.165) is 35.9 Å². The molecule has 0 bridgehead atoms. The number of carbonyl (C=O) groups excluding carboxylic acids is 1. The third kappa shape index (κ3) is 5.88. The second kappa shape index (κ2) is 8.52. The van der Waals surface area contributed by atoms with Crippen LogP contribution in [-0.2, 0) is 4.79 Å². The Hall–Kier alpha value is -1.82. The van der Waals surface area contributed by atoms with E-state index >= 15 is 0 Å². The lowest BCUT2D eigenvalue weighted by atomic mass is 9.93. The van der Waals surface area contributed by atoms with E-state index in [1.807, 2.05) is 31.2 Å². The van der Waals surface area contributed by atoms with Gasteiger partial charge in [0.2, 0.25) is 5.91 Å². The summed E-state index contributed by atoms with van der Waals surface area (Å²) < 4.78 is 5.40. The van der Waals surface area contributed by atoms with Crippen LogP contribution in [0.4, 0.5) is 5.69 Å². The second-order valence-corrected chi connectivity index (χ2v) is 7.56. The van der Waals surface area contributed by atoms with Crippen LogP contribution in [0.1, 0.15) is 47.0 Å². The molecule has 0 unspecified atom stereocenters. The molecule has 1 saturated heterocycles. The third-order valence-electron chi connectivity index (χ3n) is 4.30. The molecule has 25 heavy (non-hydrogen) atoms. The summed E-state index contributed by atoms with van der Waals surface area (Å²) in [7, 11) is 0. The molecule has 0 aliphatic carbocycles. The molecule has 5 nitrogen and oxygen atoms in total. The predicted molar refractivity (Wildman–Crippen MR) is 106 cm³/mol. The van der Waals surface area contributed by atoms with Crippen LogP contribution in [0.15, 0.2) is 24.3 Å². The first-order valence-electron chi connectivity index (χ1n) is 8.92. The number of ether oxygens (including phenoxy) is 1. The molecule has 2 N–H and O–H groups in total. The zero-order chi connectivity index (χ0) is 18.4. The van der Waals surface area contributed by atoms with Gasteiger partial charge in [-0.25, -0.2) is 0 Å². The first kappa shape index (κ1) is 19.5. The lowest BCUT2D eigenvalue weighted by molar-refractivity contribution is -0.116. The minimum Gasteiger partial charge on any atom is -0.494 e. The quantitative estimate of drug-likeness (QED) is 0.726.